The van der Waals surface area contributed by atoms with Crippen molar-refractivity contribution in [3.8, 4) is 11.7 Å². The van der Waals surface area contributed by atoms with E-state index in [0.717, 1.165) is 23.9 Å². The number of rotatable bonds is 6. The first-order valence-electron chi connectivity index (χ1n) is 8.39. The Hall–Kier alpha value is -3.07. The van der Waals surface area contributed by atoms with E-state index < -0.39 is 0 Å². The van der Waals surface area contributed by atoms with Crippen LogP contribution in [0.2, 0.25) is 0 Å². The van der Waals surface area contributed by atoms with Gasteiger partial charge in [0.2, 0.25) is 11.8 Å². The van der Waals surface area contributed by atoms with E-state index in [1.165, 1.54) is 6.26 Å². The van der Waals surface area contributed by atoms with Crippen molar-refractivity contribution >= 4 is 35.0 Å². The van der Waals surface area contributed by atoms with Gasteiger partial charge >= 0.3 is 0 Å². The van der Waals surface area contributed by atoms with Crippen molar-refractivity contribution in [2.75, 3.05) is 22.5 Å². The zero-order valence-electron chi connectivity index (χ0n) is 14.3. The van der Waals surface area contributed by atoms with E-state index in [9.17, 15) is 9.59 Å². The number of hydrogen-bond donors (Lipinski definition) is 1. The van der Waals surface area contributed by atoms with Gasteiger partial charge in [0.05, 0.1) is 12.0 Å². The van der Waals surface area contributed by atoms with Crippen LogP contribution >= 0.6 is 11.8 Å². The van der Waals surface area contributed by atoms with Crippen molar-refractivity contribution < 1.29 is 18.4 Å². The molecule has 3 heterocycles. The first-order chi connectivity index (χ1) is 13.2. The molecule has 3 aromatic rings. The summed E-state index contributed by atoms with van der Waals surface area (Å²) in [6.45, 7) is 0.710. The van der Waals surface area contributed by atoms with Gasteiger partial charge in [-0.05, 0) is 36.8 Å². The summed E-state index contributed by atoms with van der Waals surface area (Å²) in [4.78, 5) is 25.8. The quantitative estimate of drug-likeness (QED) is 0.651. The highest BCUT2D eigenvalue weighted by atomic mass is 32.2. The van der Waals surface area contributed by atoms with E-state index in [0.29, 0.717) is 24.4 Å². The normalized spacial score (nSPS) is 13.9. The molecular weight excluding hydrogens is 368 g/mol. The zero-order valence-corrected chi connectivity index (χ0v) is 15.1. The Morgan fingerprint density at radius 2 is 2.19 bits per heavy atom. The molecule has 2 amide bonds. The lowest BCUT2D eigenvalue weighted by molar-refractivity contribution is -0.117. The average molecular weight is 384 g/mol. The number of anilines is 2. The maximum atomic E-state index is 12.2. The maximum Gasteiger partial charge on any atom is 0.284 e. The molecule has 0 radical (unpaired) electrons. The minimum absolute atomic E-state index is 0.109. The van der Waals surface area contributed by atoms with Gasteiger partial charge < -0.3 is 19.1 Å². The molecule has 0 saturated carbocycles. The van der Waals surface area contributed by atoms with Crippen LogP contribution in [0.15, 0.2) is 56.7 Å². The van der Waals surface area contributed by atoms with Crippen molar-refractivity contribution in [1.82, 2.24) is 10.2 Å². The van der Waals surface area contributed by atoms with Crippen LogP contribution in [0, 0.1) is 0 Å². The Kier molecular flexibility index (Phi) is 4.93. The second-order valence-corrected chi connectivity index (χ2v) is 6.81. The smallest absolute Gasteiger partial charge is 0.284 e. The Bertz CT molecular complexity index is 954. The standard InChI is InChI=1S/C18H16N4O4S/c23-15(11-27-18-21-20-17(26-18)14-6-3-9-25-14)19-12-4-1-5-13(10-12)22-8-2-7-16(22)24/h1,3-6,9-10H,2,7-8,11H2,(H,19,23). The summed E-state index contributed by atoms with van der Waals surface area (Å²) >= 11 is 1.14. The molecule has 1 fully saturated rings. The van der Waals surface area contributed by atoms with E-state index in [4.69, 9.17) is 8.83 Å². The molecular formula is C18H16N4O4S. The highest BCUT2D eigenvalue weighted by Gasteiger charge is 2.21. The molecule has 0 bridgehead atoms. The van der Waals surface area contributed by atoms with Crippen molar-refractivity contribution in [1.29, 1.82) is 0 Å². The van der Waals surface area contributed by atoms with Crippen LogP contribution in [0.1, 0.15) is 12.8 Å². The van der Waals surface area contributed by atoms with Crippen LogP contribution in [0.3, 0.4) is 0 Å². The van der Waals surface area contributed by atoms with Crippen LogP contribution in [0.25, 0.3) is 11.7 Å². The number of nitrogens with one attached hydrogen (secondary N) is 1. The summed E-state index contributed by atoms with van der Waals surface area (Å²) < 4.78 is 10.6. The minimum Gasteiger partial charge on any atom is -0.459 e. The predicted molar refractivity (Wildman–Crippen MR) is 99.4 cm³/mol. The van der Waals surface area contributed by atoms with Gasteiger partial charge in [0, 0.05) is 24.3 Å². The fourth-order valence-electron chi connectivity index (χ4n) is 2.76. The molecule has 8 nitrogen and oxygen atoms in total. The lowest BCUT2D eigenvalue weighted by Crippen LogP contribution is -2.23. The Labute approximate surface area is 158 Å². The number of furan rings is 1. The van der Waals surface area contributed by atoms with Crippen molar-refractivity contribution in [2.24, 2.45) is 0 Å². The Morgan fingerprint density at radius 1 is 1.26 bits per heavy atom. The number of nitrogens with zero attached hydrogens (tertiary/aromatic N) is 3. The molecule has 1 aliphatic rings. The Balaban J connectivity index is 1.34. The van der Waals surface area contributed by atoms with Gasteiger partial charge in [-0.1, -0.05) is 17.8 Å². The van der Waals surface area contributed by atoms with Crippen LogP contribution in [-0.2, 0) is 9.59 Å². The number of benzene rings is 1. The van der Waals surface area contributed by atoms with E-state index >= 15 is 0 Å². The van der Waals surface area contributed by atoms with Gasteiger partial charge in [-0.25, -0.2) is 0 Å². The first kappa shape index (κ1) is 17.3. The monoisotopic (exact) mass is 384 g/mol. The van der Waals surface area contributed by atoms with Gasteiger partial charge in [0.15, 0.2) is 5.76 Å². The molecule has 0 atom stereocenters. The summed E-state index contributed by atoms with van der Waals surface area (Å²) in [5.74, 6) is 0.769. The van der Waals surface area contributed by atoms with E-state index in [2.05, 4.69) is 15.5 Å². The SMILES string of the molecule is O=C(CSc1nnc(-c2ccco2)o1)Nc1cccc(N2CCCC2=O)c1. The molecule has 1 aliphatic heterocycles. The van der Waals surface area contributed by atoms with Crippen molar-refractivity contribution in [3.05, 3.63) is 42.7 Å². The molecule has 0 aliphatic carbocycles. The molecule has 0 unspecified atom stereocenters. The fraction of sp³-hybridized carbons (Fsp3) is 0.222. The molecule has 27 heavy (non-hydrogen) atoms. The van der Waals surface area contributed by atoms with Crippen LogP contribution in [0.5, 0.6) is 0 Å². The van der Waals surface area contributed by atoms with Crippen molar-refractivity contribution in [2.45, 2.75) is 18.1 Å². The number of amides is 2. The third-order valence-electron chi connectivity index (χ3n) is 3.98. The van der Waals surface area contributed by atoms with Crippen LogP contribution in [-0.4, -0.2) is 34.3 Å². The molecule has 1 N–H and O–H groups in total. The highest BCUT2D eigenvalue weighted by Crippen LogP contribution is 2.25. The second-order valence-electron chi connectivity index (χ2n) is 5.89. The molecule has 2 aromatic heterocycles. The molecule has 9 heteroatoms. The molecule has 1 saturated heterocycles. The number of thioether (sulfide) groups is 1. The summed E-state index contributed by atoms with van der Waals surface area (Å²) in [5, 5.41) is 10.9. The van der Waals surface area contributed by atoms with E-state index in [1.54, 1.807) is 29.2 Å². The zero-order chi connectivity index (χ0) is 18.6. The van der Waals surface area contributed by atoms with Gasteiger partial charge in [-0.15, -0.1) is 10.2 Å². The van der Waals surface area contributed by atoms with Crippen molar-refractivity contribution in [3.63, 3.8) is 0 Å². The number of carbonyl (C=O) groups is 2. The summed E-state index contributed by atoms with van der Waals surface area (Å²) in [6.07, 6.45) is 2.94. The van der Waals surface area contributed by atoms with Gasteiger partial charge in [-0.3, -0.25) is 9.59 Å². The lowest BCUT2D eigenvalue weighted by Gasteiger charge is -2.16. The number of carbonyl (C=O) groups excluding carboxylic acids is 2. The lowest BCUT2D eigenvalue weighted by atomic mass is 10.2. The van der Waals surface area contributed by atoms with Gasteiger partial charge in [0.25, 0.3) is 11.1 Å². The first-order valence-corrected chi connectivity index (χ1v) is 9.38. The molecule has 4 rings (SSSR count). The second kappa shape index (κ2) is 7.67. The topological polar surface area (TPSA) is 101 Å². The van der Waals surface area contributed by atoms with Crippen LogP contribution in [0.4, 0.5) is 11.4 Å². The molecule has 138 valence electrons. The molecule has 0 spiro atoms. The molecule has 1 aromatic carbocycles. The fourth-order valence-corrected chi connectivity index (χ4v) is 3.33. The summed E-state index contributed by atoms with van der Waals surface area (Å²) in [7, 11) is 0. The van der Waals surface area contributed by atoms with Gasteiger partial charge in [0.1, 0.15) is 0 Å². The third kappa shape index (κ3) is 4.03. The third-order valence-corrected chi connectivity index (χ3v) is 4.80. The highest BCUT2D eigenvalue weighted by molar-refractivity contribution is 7.99. The largest absolute Gasteiger partial charge is 0.459 e. The van der Waals surface area contributed by atoms with Gasteiger partial charge in [-0.2, -0.15) is 0 Å². The van der Waals surface area contributed by atoms with E-state index in [-0.39, 0.29) is 28.7 Å². The van der Waals surface area contributed by atoms with Crippen LogP contribution < -0.4 is 10.2 Å². The minimum atomic E-state index is -0.206. The summed E-state index contributed by atoms with van der Waals surface area (Å²) in [5.41, 5.74) is 1.43. The number of aromatic nitrogens is 2. The average Bonchev–Trinajstić information content (AvgIpc) is 3.41. The number of hydrogen-bond acceptors (Lipinski definition) is 7. The Morgan fingerprint density at radius 3 is 2.96 bits per heavy atom. The maximum absolute atomic E-state index is 12.2. The van der Waals surface area contributed by atoms with E-state index in [1.807, 2.05) is 12.1 Å². The predicted octanol–water partition coefficient (Wildman–Crippen LogP) is 3.19. The summed E-state index contributed by atoms with van der Waals surface area (Å²) in [6, 6.07) is 10.7.